The smallest absolute Gasteiger partial charge is 0.266 e. The zero-order valence-corrected chi connectivity index (χ0v) is 16.8. The second-order valence-electron chi connectivity index (χ2n) is 6.80. The van der Waals surface area contributed by atoms with Crippen LogP contribution in [0.25, 0.3) is 22.5 Å². The van der Waals surface area contributed by atoms with E-state index in [2.05, 4.69) is 15.3 Å². The molecule has 0 spiro atoms. The number of anilines is 1. The Morgan fingerprint density at radius 2 is 1.79 bits per heavy atom. The monoisotopic (exact) mass is 401 g/mol. The molecule has 2 aromatic heterocycles. The van der Waals surface area contributed by atoms with Crippen molar-refractivity contribution in [3.63, 3.8) is 0 Å². The molecule has 0 aliphatic rings. The minimum Gasteiger partial charge on any atom is -0.321 e. The lowest BCUT2D eigenvalue weighted by Crippen LogP contribution is -2.12. The zero-order valence-electron chi connectivity index (χ0n) is 16.0. The molecule has 1 amide bonds. The molecule has 0 aliphatic carbocycles. The summed E-state index contributed by atoms with van der Waals surface area (Å²) in [6.07, 6.45) is 0. The number of nitrogens with zero attached hydrogens (tertiary/aromatic N) is 1. The van der Waals surface area contributed by atoms with Crippen molar-refractivity contribution < 1.29 is 4.79 Å². The molecule has 29 heavy (non-hydrogen) atoms. The molecule has 2 heterocycles. The highest BCUT2D eigenvalue weighted by atomic mass is 32.1. The molecule has 2 aromatic carbocycles. The van der Waals surface area contributed by atoms with Gasteiger partial charge in [0.25, 0.3) is 11.5 Å². The lowest BCUT2D eigenvalue weighted by Gasteiger charge is -2.09. The number of hydrogen-bond acceptors (Lipinski definition) is 4. The van der Waals surface area contributed by atoms with Gasteiger partial charge in [0, 0.05) is 28.6 Å². The van der Waals surface area contributed by atoms with Gasteiger partial charge in [-0.3, -0.25) is 9.59 Å². The van der Waals surface area contributed by atoms with Gasteiger partial charge in [-0.15, -0.1) is 11.3 Å². The van der Waals surface area contributed by atoms with E-state index in [1.165, 1.54) is 23.0 Å². The molecule has 2 N–H and O–H groups in total. The number of rotatable bonds is 4. The van der Waals surface area contributed by atoms with E-state index in [-0.39, 0.29) is 11.5 Å². The van der Waals surface area contributed by atoms with Gasteiger partial charge in [0.05, 0.1) is 4.88 Å². The lowest BCUT2D eigenvalue weighted by molar-refractivity contribution is 0.103. The summed E-state index contributed by atoms with van der Waals surface area (Å²) < 4.78 is 0. The van der Waals surface area contributed by atoms with Crippen LogP contribution < -0.4 is 10.9 Å². The molecule has 0 fully saturated rings. The number of aryl methyl sites for hydroxylation is 2. The molecule has 4 aromatic rings. The Labute approximate surface area is 172 Å². The van der Waals surface area contributed by atoms with E-state index in [0.29, 0.717) is 22.1 Å². The molecule has 5 nitrogen and oxygen atoms in total. The number of benzene rings is 2. The van der Waals surface area contributed by atoms with Crippen LogP contribution in [0.15, 0.2) is 70.8 Å². The van der Waals surface area contributed by atoms with Gasteiger partial charge in [0.15, 0.2) is 0 Å². The Morgan fingerprint density at radius 1 is 1.00 bits per heavy atom. The van der Waals surface area contributed by atoms with Crippen LogP contribution in [0, 0.1) is 13.8 Å². The number of H-pyrrole nitrogens is 1. The summed E-state index contributed by atoms with van der Waals surface area (Å²) in [6.45, 7) is 3.81. The van der Waals surface area contributed by atoms with Crippen LogP contribution in [0.1, 0.15) is 20.9 Å². The quantitative estimate of drug-likeness (QED) is 0.503. The third-order valence-corrected chi connectivity index (χ3v) is 5.41. The van der Waals surface area contributed by atoms with Gasteiger partial charge in [-0.25, -0.2) is 4.98 Å². The fourth-order valence-corrected chi connectivity index (χ4v) is 3.90. The van der Waals surface area contributed by atoms with Crippen molar-refractivity contribution in [3.05, 3.63) is 92.5 Å². The van der Waals surface area contributed by atoms with Gasteiger partial charge in [-0.1, -0.05) is 42.0 Å². The first kappa shape index (κ1) is 18.8. The van der Waals surface area contributed by atoms with Gasteiger partial charge in [-0.2, -0.15) is 0 Å². The average molecular weight is 401 g/mol. The number of amides is 1. The van der Waals surface area contributed by atoms with Crippen molar-refractivity contribution in [3.8, 4) is 22.5 Å². The van der Waals surface area contributed by atoms with Gasteiger partial charge >= 0.3 is 0 Å². The lowest BCUT2D eigenvalue weighted by atomic mass is 10.0. The van der Waals surface area contributed by atoms with Crippen molar-refractivity contribution in [1.82, 2.24) is 9.97 Å². The second kappa shape index (κ2) is 7.85. The fraction of sp³-hybridized carbons (Fsp3) is 0.0870. The van der Waals surface area contributed by atoms with Crippen LogP contribution in [0.2, 0.25) is 0 Å². The summed E-state index contributed by atoms with van der Waals surface area (Å²) in [5.74, 6) is 0.306. The predicted octanol–water partition coefficient (Wildman–Crippen LogP) is 5.03. The number of carbonyl (C=O) groups is 1. The summed E-state index contributed by atoms with van der Waals surface area (Å²) in [7, 11) is 0. The highest BCUT2D eigenvalue weighted by molar-refractivity contribution is 7.12. The maximum Gasteiger partial charge on any atom is 0.266 e. The van der Waals surface area contributed by atoms with Crippen LogP contribution in [-0.2, 0) is 0 Å². The molecule has 0 aliphatic heterocycles. The zero-order chi connectivity index (χ0) is 20.4. The van der Waals surface area contributed by atoms with Crippen molar-refractivity contribution in [2.24, 2.45) is 0 Å². The number of aromatic nitrogens is 2. The summed E-state index contributed by atoms with van der Waals surface area (Å²) in [5, 5.41) is 4.88. The van der Waals surface area contributed by atoms with E-state index in [4.69, 9.17) is 0 Å². The normalized spacial score (nSPS) is 10.7. The molecular weight excluding hydrogens is 382 g/mol. The Morgan fingerprint density at radius 3 is 2.55 bits per heavy atom. The first-order chi connectivity index (χ1) is 14.0. The average Bonchev–Trinajstić information content (AvgIpc) is 3.18. The predicted molar refractivity (Wildman–Crippen MR) is 117 cm³/mol. The molecule has 6 heteroatoms. The van der Waals surface area contributed by atoms with Gasteiger partial charge in [-0.05, 0) is 43.0 Å². The minimum atomic E-state index is -0.205. The highest BCUT2D eigenvalue weighted by Crippen LogP contribution is 2.29. The van der Waals surface area contributed by atoms with Crippen molar-refractivity contribution in [2.45, 2.75) is 13.8 Å². The molecule has 0 radical (unpaired) electrons. The molecule has 0 atom stereocenters. The standard InChI is InChI=1S/C23H19N3O2S/c1-14-6-8-16(9-7-14)19-10-11-29-21(19)23(28)25-18-5-3-4-17(13-18)22-24-15(2)12-20(27)26-22/h3-13H,1-2H3,(H,25,28)(H,24,26,27). The summed E-state index contributed by atoms with van der Waals surface area (Å²) in [4.78, 5) is 32.4. The van der Waals surface area contributed by atoms with E-state index in [0.717, 1.165) is 16.7 Å². The highest BCUT2D eigenvalue weighted by Gasteiger charge is 2.15. The maximum atomic E-state index is 12.9. The van der Waals surface area contributed by atoms with E-state index < -0.39 is 0 Å². The van der Waals surface area contributed by atoms with Crippen molar-refractivity contribution in [2.75, 3.05) is 5.32 Å². The second-order valence-corrected chi connectivity index (χ2v) is 7.72. The van der Waals surface area contributed by atoms with Crippen LogP contribution in [0.3, 0.4) is 0 Å². The van der Waals surface area contributed by atoms with Crippen LogP contribution >= 0.6 is 11.3 Å². The summed E-state index contributed by atoms with van der Waals surface area (Å²) >= 11 is 1.41. The molecule has 4 rings (SSSR count). The number of aromatic amines is 1. The minimum absolute atomic E-state index is 0.168. The maximum absolute atomic E-state index is 12.9. The Kier molecular flexibility index (Phi) is 5.10. The van der Waals surface area contributed by atoms with E-state index in [1.54, 1.807) is 13.0 Å². The number of carbonyl (C=O) groups excluding carboxylic acids is 1. The topological polar surface area (TPSA) is 74.8 Å². The third-order valence-electron chi connectivity index (χ3n) is 4.50. The van der Waals surface area contributed by atoms with Gasteiger partial charge < -0.3 is 10.3 Å². The molecule has 0 saturated heterocycles. The van der Waals surface area contributed by atoms with E-state index >= 15 is 0 Å². The van der Waals surface area contributed by atoms with Crippen LogP contribution in [-0.4, -0.2) is 15.9 Å². The SMILES string of the molecule is Cc1ccc(-c2ccsc2C(=O)Nc2cccc(-c3nc(C)cc(=O)[nH]3)c2)cc1. The first-order valence-electron chi connectivity index (χ1n) is 9.14. The van der Waals surface area contributed by atoms with Gasteiger partial charge in [0.1, 0.15) is 5.82 Å². The van der Waals surface area contributed by atoms with Gasteiger partial charge in [0.2, 0.25) is 0 Å². The van der Waals surface area contributed by atoms with E-state index in [1.807, 2.05) is 60.8 Å². The number of thiophene rings is 1. The molecule has 0 bridgehead atoms. The number of hydrogen-bond donors (Lipinski definition) is 2. The largest absolute Gasteiger partial charge is 0.321 e. The molecule has 144 valence electrons. The Hall–Kier alpha value is -3.51. The van der Waals surface area contributed by atoms with Crippen LogP contribution in [0.4, 0.5) is 5.69 Å². The third kappa shape index (κ3) is 4.17. The Balaban J connectivity index is 1.61. The summed E-state index contributed by atoms with van der Waals surface area (Å²) in [5.41, 5.74) is 4.90. The number of nitrogens with one attached hydrogen (secondary N) is 2. The summed E-state index contributed by atoms with van der Waals surface area (Å²) in [6, 6.07) is 18.8. The van der Waals surface area contributed by atoms with E-state index in [9.17, 15) is 9.59 Å². The first-order valence-corrected chi connectivity index (χ1v) is 10.0. The fourth-order valence-electron chi connectivity index (χ4n) is 3.09. The van der Waals surface area contributed by atoms with Crippen molar-refractivity contribution in [1.29, 1.82) is 0 Å². The van der Waals surface area contributed by atoms with Crippen molar-refractivity contribution >= 4 is 22.9 Å². The van der Waals surface area contributed by atoms with Crippen LogP contribution in [0.5, 0.6) is 0 Å². The molecular formula is C23H19N3O2S. The molecule has 0 unspecified atom stereocenters. The molecule has 0 saturated carbocycles. The Bertz CT molecular complexity index is 1240.